The minimum absolute atomic E-state index is 0.170. The highest BCUT2D eigenvalue weighted by molar-refractivity contribution is 7.16. The summed E-state index contributed by atoms with van der Waals surface area (Å²) in [4.78, 5) is 0.901. The van der Waals surface area contributed by atoms with E-state index in [9.17, 15) is 0 Å². The van der Waals surface area contributed by atoms with E-state index in [1.807, 2.05) is 4.52 Å². The SMILES string of the molecule is CC(C)C(N)Cc1nn2c(C3CC3)nnc2s1. The molecule has 2 N–H and O–H groups in total. The van der Waals surface area contributed by atoms with E-state index in [2.05, 4.69) is 29.1 Å². The van der Waals surface area contributed by atoms with Crippen molar-refractivity contribution in [3.8, 4) is 0 Å². The van der Waals surface area contributed by atoms with Crippen molar-refractivity contribution in [1.29, 1.82) is 0 Å². The summed E-state index contributed by atoms with van der Waals surface area (Å²) in [6, 6.07) is 0.170. The van der Waals surface area contributed by atoms with E-state index in [4.69, 9.17) is 5.73 Å². The van der Waals surface area contributed by atoms with Gasteiger partial charge in [0.15, 0.2) is 5.82 Å². The summed E-state index contributed by atoms with van der Waals surface area (Å²) < 4.78 is 1.91. The van der Waals surface area contributed by atoms with Gasteiger partial charge in [-0.05, 0) is 18.8 Å². The Labute approximate surface area is 104 Å². The normalized spacial score (nSPS) is 18.1. The Morgan fingerprint density at radius 2 is 2.18 bits per heavy atom. The molecule has 1 aliphatic carbocycles. The molecular formula is C11H17N5S. The van der Waals surface area contributed by atoms with E-state index in [-0.39, 0.29) is 6.04 Å². The van der Waals surface area contributed by atoms with Crippen LogP contribution in [0.2, 0.25) is 0 Å². The van der Waals surface area contributed by atoms with Gasteiger partial charge in [0, 0.05) is 18.4 Å². The minimum atomic E-state index is 0.170. The first kappa shape index (κ1) is 11.1. The van der Waals surface area contributed by atoms with Crippen LogP contribution in [0.25, 0.3) is 4.96 Å². The predicted molar refractivity (Wildman–Crippen MR) is 67.2 cm³/mol. The predicted octanol–water partition coefficient (Wildman–Crippen LogP) is 1.59. The zero-order chi connectivity index (χ0) is 12.0. The van der Waals surface area contributed by atoms with E-state index in [0.29, 0.717) is 11.8 Å². The molecule has 1 atom stereocenters. The molecule has 1 fully saturated rings. The van der Waals surface area contributed by atoms with Crippen molar-refractivity contribution in [2.75, 3.05) is 0 Å². The van der Waals surface area contributed by atoms with Gasteiger partial charge in [-0.25, -0.2) is 0 Å². The van der Waals surface area contributed by atoms with Crippen LogP contribution in [0.3, 0.4) is 0 Å². The van der Waals surface area contributed by atoms with Crippen molar-refractivity contribution in [2.24, 2.45) is 11.7 Å². The summed E-state index contributed by atoms with van der Waals surface area (Å²) in [5.74, 6) is 2.09. The maximum absolute atomic E-state index is 6.07. The lowest BCUT2D eigenvalue weighted by Gasteiger charge is -2.12. The smallest absolute Gasteiger partial charge is 0.234 e. The van der Waals surface area contributed by atoms with Crippen molar-refractivity contribution in [2.45, 2.75) is 45.1 Å². The first-order chi connectivity index (χ1) is 8.15. The largest absolute Gasteiger partial charge is 0.327 e. The van der Waals surface area contributed by atoms with Crippen molar-refractivity contribution in [3.05, 3.63) is 10.8 Å². The van der Waals surface area contributed by atoms with Crippen LogP contribution < -0.4 is 5.73 Å². The van der Waals surface area contributed by atoms with Crippen molar-refractivity contribution >= 4 is 16.3 Å². The van der Waals surface area contributed by atoms with E-state index in [1.54, 1.807) is 11.3 Å². The first-order valence-corrected chi connectivity index (χ1v) is 6.93. The van der Waals surface area contributed by atoms with Crippen molar-refractivity contribution in [1.82, 2.24) is 19.8 Å². The summed E-state index contributed by atoms with van der Waals surface area (Å²) in [6.45, 7) is 4.28. The maximum Gasteiger partial charge on any atom is 0.234 e. The lowest BCUT2D eigenvalue weighted by Crippen LogP contribution is -2.28. The van der Waals surface area contributed by atoms with E-state index < -0.39 is 0 Å². The van der Waals surface area contributed by atoms with Gasteiger partial charge in [0.1, 0.15) is 5.01 Å². The van der Waals surface area contributed by atoms with Gasteiger partial charge in [-0.3, -0.25) is 0 Å². The fraction of sp³-hybridized carbons (Fsp3) is 0.727. The van der Waals surface area contributed by atoms with Gasteiger partial charge in [-0.2, -0.15) is 9.61 Å². The number of nitrogens with zero attached hydrogens (tertiary/aromatic N) is 4. The van der Waals surface area contributed by atoms with Gasteiger partial charge in [0.2, 0.25) is 4.96 Å². The molecule has 2 heterocycles. The quantitative estimate of drug-likeness (QED) is 0.896. The molecule has 1 saturated carbocycles. The molecule has 0 aliphatic heterocycles. The Morgan fingerprint density at radius 1 is 1.41 bits per heavy atom. The molecule has 5 nitrogen and oxygen atoms in total. The zero-order valence-corrected chi connectivity index (χ0v) is 10.9. The average molecular weight is 251 g/mol. The van der Waals surface area contributed by atoms with Gasteiger partial charge in [0.25, 0.3) is 0 Å². The Kier molecular flexibility index (Phi) is 2.63. The highest BCUT2D eigenvalue weighted by Gasteiger charge is 2.30. The summed E-state index contributed by atoms with van der Waals surface area (Å²) in [5, 5.41) is 14.0. The second kappa shape index (κ2) is 4.03. The van der Waals surface area contributed by atoms with E-state index >= 15 is 0 Å². The summed E-state index contributed by atoms with van der Waals surface area (Å²) in [6.07, 6.45) is 3.27. The lowest BCUT2D eigenvalue weighted by atomic mass is 10.0. The molecule has 0 bridgehead atoms. The Morgan fingerprint density at radius 3 is 2.82 bits per heavy atom. The van der Waals surface area contributed by atoms with Crippen LogP contribution >= 0.6 is 11.3 Å². The summed E-state index contributed by atoms with van der Waals surface area (Å²) in [7, 11) is 0. The molecule has 1 aliphatic rings. The van der Waals surface area contributed by atoms with Gasteiger partial charge in [0.05, 0.1) is 0 Å². The van der Waals surface area contributed by atoms with Crippen LogP contribution in [-0.2, 0) is 6.42 Å². The first-order valence-electron chi connectivity index (χ1n) is 6.11. The average Bonchev–Trinajstić information content (AvgIpc) is 2.91. The van der Waals surface area contributed by atoms with Crippen molar-refractivity contribution in [3.63, 3.8) is 0 Å². The molecule has 3 rings (SSSR count). The van der Waals surface area contributed by atoms with Crippen LogP contribution in [0.15, 0.2) is 0 Å². The number of aromatic nitrogens is 4. The third kappa shape index (κ3) is 2.07. The number of rotatable bonds is 4. The molecule has 2 aromatic rings. The Bertz CT molecular complexity index is 525. The number of hydrogen-bond donors (Lipinski definition) is 1. The van der Waals surface area contributed by atoms with Gasteiger partial charge in [-0.15, -0.1) is 10.2 Å². The molecule has 0 saturated heterocycles. The topological polar surface area (TPSA) is 69.1 Å². The second-order valence-corrected chi connectivity index (χ2v) is 6.18. The highest BCUT2D eigenvalue weighted by Crippen LogP contribution is 2.39. The monoisotopic (exact) mass is 251 g/mol. The molecule has 1 unspecified atom stereocenters. The van der Waals surface area contributed by atoms with E-state index in [1.165, 1.54) is 12.8 Å². The molecule has 17 heavy (non-hydrogen) atoms. The minimum Gasteiger partial charge on any atom is -0.327 e. The molecule has 0 aromatic carbocycles. The Balaban J connectivity index is 1.86. The summed E-state index contributed by atoms with van der Waals surface area (Å²) >= 11 is 1.61. The molecule has 92 valence electrons. The molecule has 6 heteroatoms. The molecular weight excluding hydrogens is 234 g/mol. The number of fused-ring (bicyclic) bond motifs is 1. The van der Waals surface area contributed by atoms with Gasteiger partial charge < -0.3 is 5.73 Å². The van der Waals surface area contributed by atoms with Crippen LogP contribution in [0.1, 0.15) is 43.4 Å². The van der Waals surface area contributed by atoms with Crippen LogP contribution in [0.5, 0.6) is 0 Å². The van der Waals surface area contributed by atoms with Crippen molar-refractivity contribution < 1.29 is 0 Å². The summed E-state index contributed by atoms with van der Waals surface area (Å²) in [5.41, 5.74) is 6.07. The third-order valence-corrected chi connectivity index (χ3v) is 4.19. The second-order valence-electron chi connectivity index (χ2n) is 5.13. The Hall–Kier alpha value is -1.01. The number of nitrogens with two attached hydrogens (primary N) is 1. The van der Waals surface area contributed by atoms with Gasteiger partial charge in [-0.1, -0.05) is 25.2 Å². The standard InChI is InChI=1S/C11H17N5S/c1-6(2)8(12)5-9-15-16-10(7-3-4-7)13-14-11(16)17-9/h6-8H,3-5,12H2,1-2H3. The number of hydrogen-bond acceptors (Lipinski definition) is 5. The fourth-order valence-corrected chi connectivity index (χ4v) is 2.70. The lowest BCUT2D eigenvalue weighted by molar-refractivity contribution is 0.488. The van der Waals surface area contributed by atoms with Gasteiger partial charge >= 0.3 is 0 Å². The molecule has 0 amide bonds. The van der Waals surface area contributed by atoms with Crippen LogP contribution in [0, 0.1) is 5.92 Å². The zero-order valence-electron chi connectivity index (χ0n) is 10.1. The fourth-order valence-electron chi connectivity index (χ4n) is 1.79. The third-order valence-electron chi connectivity index (χ3n) is 3.27. The highest BCUT2D eigenvalue weighted by atomic mass is 32.1. The molecule has 0 spiro atoms. The maximum atomic E-state index is 6.07. The molecule has 0 radical (unpaired) electrons. The van der Waals surface area contributed by atoms with Crippen LogP contribution in [-0.4, -0.2) is 25.9 Å². The van der Waals surface area contributed by atoms with E-state index in [0.717, 1.165) is 22.2 Å². The molecule has 2 aromatic heterocycles. The van der Waals surface area contributed by atoms with Crippen LogP contribution in [0.4, 0.5) is 0 Å².